The van der Waals surface area contributed by atoms with Crippen LogP contribution in [0.15, 0.2) is 11.1 Å². The summed E-state index contributed by atoms with van der Waals surface area (Å²) in [5.41, 5.74) is 8.98. The van der Waals surface area contributed by atoms with Crippen molar-refractivity contribution in [3.8, 4) is 0 Å². The van der Waals surface area contributed by atoms with Crippen molar-refractivity contribution in [3.63, 3.8) is 0 Å². The fourth-order valence-corrected chi connectivity index (χ4v) is 1.51. The second-order valence-electron chi connectivity index (χ2n) is 3.22. The smallest absolute Gasteiger partial charge is 0.00427 e. The Morgan fingerprint density at radius 3 is 2.33 bits per heavy atom. The molecule has 0 bridgehead atoms. The topological polar surface area (TPSA) is 26.0 Å². The van der Waals surface area contributed by atoms with Crippen molar-refractivity contribution in [2.45, 2.75) is 25.7 Å². The van der Waals surface area contributed by atoms with Gasteiger partial charge in [0.25, 0.3) is 0 Å². The molecule has 2 fully saturated rings. The van der Waals surface area contributed by atoms with Crippen LogP contribution in [0, 0.1) is 5.92 Å². The Balaban J connectivity index is 1.90. The van der Waals surface area contributed by atoms with E-state index < -0.39 is 0 Å². The van der Waals surface area contributed by atoms with E-state index in [1.165, 1.54) is 25.7 Å². The Morgan fingerprint density at radius 1 is 1.22 bits per heavy atom. The highest BCUT2D eigenvalue weighted by molar-refractivity contribution is 5.30. The van der Waals surface area contributed by atoms with Crippen LogP contribution in [0.25, 0.3) is 0 Å². The molecular weight excluding hydrogens is 110 g/mol. The zero-order valence-electron chi connectivity index (χ0n) is 5.69. The van der Waals surface area contributed by atoms with Crippen molar-refractivity contribution in [3.05, 3.63) is 11.1 Å². The van der Waals surface area contributed by atoms with Crippen molar-refractivity contribution in [2.75, 3.05) is 6.54 Å². The van der Waals surface area contributed by atoms with Crippen molar-refractivity contribution in [1.82, 2.24) is 0 Å². The third-order valence-corrected chi connectivity index (χ3v) is 2.40. The molecule has 0 aliphatic heterocycles. The van der Waals surface area contributed by atoms with Gasteiger partial charge >= 0.3 is 0 Å². The lowest BCUT2D eigenvalue weighted by Crippen LogP contribution is -2.23. The first-order valence-corrected chi connectivity index (χ1v) is 3.80. The van der Waals surface area contributed by atoms with E-state index in [1.54, 1.807) is 11.1 Å². The molecule has 2 N–H and O–H groups in total. The van der Waals surface area contributed by atoms with Crippen molar-refractivity contribution < 1.29 is 0 Å². The summed E-state index contributed by atoms with van der Waals surface area (Å²) in [5.74, 6) is 0.841. The van der Waals surface area contributed by atoms with Crippen LogP contribution in [0.5, 0.6) is 0 Å². The van der Waals surface area contributed by atoms with Gasteiger partial charge in [0.1, 0.15) is 0 Å². The van der Waals surface area contributed by atoms with Gasteiger partial charge in [0, 0.05) is 0 Å². The second kappa shape index (κ2) is 1.84. The van der Waals surface area contributed by atoms with Crippen molar-refractivity contribution >= 4 is 0 Å². The van der Waals surface area contributed by atoms with E-state index in [0.29, 0.717) is 0 Å². The molecule has 0 amide bonds. The number of allylic oxidation sites excluding steroid dienone is 2. The van der Waals surface area contributed by atoms with Crippen LogP contribution in [0.4, 0.5) is 0 Å². The fraction of sp³-hybridized carbons (Fsp3) is 0.750. The molecule has 0 heterocycles. The van der Waals surface area contributed by atoms with E-state index in [9.17, 15) is 0 Å². The molecule has 50 valence electrons. The molecule has 0 aromatic carbocycles. The highest BCUT2D eigenvalue weighted by atomic mass is 14.6. The van der Waals surface area contributed by atoms with Gasteiger partial charge in [0.15, 0.2) is 0 Å². The van der Waals surface area contributed by atoms with Crippen molar-refractivity contribution in [1.29, 1.82) is 0 Å². The SMILES string of the molecule is NCC1CC(=C2CC2)C1. The first-order chi connectivity index (χ1) is 4.40. The summed E-state index contributed by atoms with van der Waals surface area (Å²) < 4.78 is 0. The largest absolute Gasteiger partial charge is 0.330 e. The maximum atomic E-state index is 5.49. The third kappa shape index (κ3) is 0.897. The molecular formula is C8H13N. The van der Waals surface area contributed by atoms with E-state index in [-0.39, 0.29) is 0 Å². The first-order valence-electron chi connectivity index (χ1n) is 3.80. The minimum atomic E-state index is 0.841. The molecule has 2 saturated carbocycles. The summed E-state index contributed by atoms with van der Waals surface area (Å²) in [6, 6.07) is 0. The van der Waals surface area contributed by atoms with Crippen LogP contribution in [0.1, 0.15) is 25.7 Å². The van der Waals surface area contributed by atoms with E-state index in [0.717, 1.165) is 12.5 Å². The Hall–Kier alpha value is -0.300. The molecule has 0 aromatic rings. The molecule has 1 heteroatoms. The van der Waals surface area contributed by atoms with Gasteiger partial charge in [0.05, 0.1) is 0 Å². The maximum Gasteiger partial charge on any atom is -0.00427 e. The first kappa shape index (κ1) is 5.48. The normalized spacial score (nSPS) is 32.3. The molecule has 2 aliphatic carbocycles. The lowest BCUT2D eigenvalue weighted by atomic mass is 9.79. The molecule has 0 saturated heterocycles. The zero-order valence-corrected chi connectivity index (χ0v) is 5.69. The number of hydrogen-bond donors (Lipinski definition) is 1. The van der Waals surface area contributed by atoms with Crippen LogP contribution >= 0.6 is 0 Å². The Bertz CT molecular complexity index is 144. The van der Waals surface area contributed by atoms with Gasteiger partial charge in [-0.2, -0.15) is 0 Å². The van der Waals surface area contributed by atoms with Crippen LogP contribution in [-0.4, -0.2) is 6.54 Å². The highest BCUT2D eigenvalue weighted by Gasteiger charge is 2.28. The van der Waals surface area contributed by atoms with Gasteiger partial charge < -0.3 is 5.73 Å². The highest BCUT2D eigenvalue weighted by Crippen LogP contribution is 2.43. The van der Waals surface area contributed by atoms with Crippen LogP contribution < -0.4 is 5.73 Å². The number of rotatable bonds is 1. The molecule has 2 aliphatic rings. The van der Waals surface area contributed by atoms with Crippen LogP contribution in [0.2, 0.25) is 0 Å². The summed E-state index contributed by atoms with van der Waals surface area (Å²) in [6.07, 6.45) is 5.44. The molecule has 1 nitrogen and oxygen atoms in total. The van der Waals surface area contributed by atoms with Gasteiger partial charge in [-0.05, 0) is 38.1 Å². The minimum absolute atomic E-state index is 0.841. The summed E-state index contributed by atoms with van der Waals surface area (Å²) in [5, 5.41) is 0. The predicted molar refractivity (Wildman–Crippen MR) is 38.0 cm³/mol. The van der Waals surface area contributed by atoms with Crippen molar-refractivity contribution in [2.24, 2.45) is 11.7 Å². The molecule has 0 radical (unpaired) electrons. The molecule has 0 atom stereocenters. The van der Waals surface area contributed by atoms with Gasteiger partial charge in [-0.3, -0.25) is 0 Å². The molecule has 0 aromatic heterocycles. The van der Waals surface area contributed by atoms with E-state index in [1.807, 2.05) is 0 Å². The van der Waals surface area contributed by atoms with Crippen LogP contribution in [0.3, 0.4) is 0 Å². The molecule has 9 heavy (non-hydrogen) atoms. The van der Waals surface area contributed by atoms with E-state index in [4.69, 9.17) is 5.73 Å². The number of hydrogen-bond acceptors (Lipinski definition) is 1. The maximum absolute atomic E-state index is 5.49. The Labute approximate surface area is 55.9 Å². The van der Waals surface area contributed by atoms with Crippen LogP contribution in [-0.2, 0) is 0 Å². The fourth-order valence-electron chi connectivity index (χ4n) is 1.51. The summed E-state index contributed by atoms with van der Waals surface area (Å²) in [4.78, 5) is 0. The van der Waals surface area contributed by atoms with Gasteiger partial charge in [-0.25, -0.2) is 0 Å². The minimum Gasteiger partial charge on any atom is -0.330 e. The average molecular weight is 123 g/mol. The number of nitrogens with two attached hydrogens (primary N) is 1. The quantitative estimate of drug-likeness (QED) is 0.525. The summed E-state index contributed by atoms with van der Waals surface area (Å²) in [7, 11) is 0. The Morgan fingerprint density at radius 2 is 1.89 bits per heavy atom. The van der Waals surface area contributed by atoms with E-state index in [2.05, 4.69) is 0 Å². The summed E-state index contributed by atoms with van der Waals surface area (Å²) >= 11 is 0. The average Bonchev–Trinajstić information content (AvgIpc) is 2.46. The monoisotopic (exact) mass is 123 g/mol. The third-order valence-electron chi connectivity index (χ3n) is 2.40. The lowest BCUT2D eigenvalue weighted by molar-refractivity contribution is 0.427. The van der Waals surface area contributed by atoms with Gasteiger partial charge in [-0.15, -0.1) is 0 Å². The summed E-state index contributed by atoms with van der Waals surface area (Å²) in [6.45, 7) is 0.900. The zero-order chi connectivity index (χ0) is 6.27. The molecule has 2 rings (SSSR count). The second-order valence-corrected chi connectivity index (χ2v) is 3.22. The molecule has 0 unspecified atom stereocenters. The standard InChI is InChI=1S/C8H13N/c9-5-6-3-8(4-6)7-1-2-7/h6H,1-5,9H2. The van der Waals surface area contributed by atoms with Gasteiger partial charge in [0.2, 0.25) is 0 Å². The molecule has 0 spiro atoms. The Kier molecular flexibility index (Phi) is 1.12. The van der Waals surface area contributed by atoms with E-state index >= 15 is 0 Å². The lowest BCUT2D eigenvalue weighted by Gasteiger charge is -2.27. The van der Waals surface area contributed by atoms with Gasteiger partial charge in [-0.1, -0.05) is 11.1 Å². The predicted octanol–water partition coefficient (Wildman–Crippen LogP) is 1.45.